The Hall–Kier alpha value is -5.29. The van der Waals surface area contributed by atoms with E-state index in [-0.39, 0.29) is 5.76 Å². The van der Waals surface area contributed by atoms with Gasteiger partial charge in [-0.2, -0.15) is 10.4 Å². The van der Waals surface area contributed by atoms with Crippen LogP contribution in [0.5, 0.6) is 11.5 Å². The first kappa shape index (κ1) is 26.3. The number of aryl methyl sites for hydroxylation is 1. The molecule has 0 fully saturated rings. The lowest BCUT2D eigenvalue weighted by atomic mass is 10.1. The predicted molar refractivity (Wildman–Crippen MR) is 153 cm³/mol. The number of ether oxygens (including phenoxy) is 2. The molecule has 5 rings (SSSR count). The largest absolute Gasteiger partial charge is 0.494 e. The summed E-state index contributed by atoms with van der Waals surface area (Å²) in [7, 11) is 0. The van der Waals surface area contributed by atoms with Crippen LogP contribution in [0.15, 0.2) is 88.4 Å². The molecule has 0 atom stereocenters. The average molecular weight is 533 g/mol. The van der Waals surface area contributed by atoms with E-state index in [0.717, 1.165) is 39.3 Å². The Morgan fingerprint density at radius 2 is 1.80 bits per heavy atom. The van der Waals surface area contributed by atoms with Gasteiger partial charge in [-0.3, -0.25) is 4.79 Å². The Labute approximate surface area is 232 Å². The van der Waals surface area contributed by atoms with E-state index in [9.17, 15) is 10.1 Å². The summed E-state index contributed by atoms with van der Waals surface area (Å²) < 4.78 is 19.2. The Balaban J connectivity index is 1.24. The summed E-state index contributed by atoms with van der Waals surface area (Å²) in [6.07, 6.45) is 1.62. The summed E-state index contributed by atoms with van der Waals surface area (Å²) in [6, 6.07) is 26.5. The minimum atomic E-state index is -0.438. The van der Waals surface area contributed by atoms with Crippen molar-refractivity contribution >= 4 is 23.1 Å². The molecule has 0 saturated carbocycles. The van der Waals surface area contributed by atoms with Gasteiger partial charge in [0.15, 0.2) is 5.76 Å². The molecule has 0 radical (unpaired) electrons. The number of nitrogens with one attached hydrogen (secondary N) is 1. The molecule has 0 saturated heterocycles. The highest BCUT2D eigenvalue weighted by Gasteiger charge is 2.13. The van der Waals surface area contributed by atoms with Gasteiger partial charge >= 0.3 is 5.91 Å². The van der Waals surface area contributed by atoms with Crippen molar-refractivity contribution in [2.24, 2.45) is 5.10 Å². The number of carbonyl (C=O) groups excluding carboxylic acids is 1. The van der Waals surface area contributed by atoms with Crippen LogP contribution in [0.25, 0.3) is 16.7 Å². The van der Waals surface area contributed by atoms with Crippen LogP contribution in [0.2, 0.25) is 0 Å². The molecule has 5 aromatic rings. The van der Waals surface area contributed by atoms with Crippen LogP contribution in [0, 0.1) is 25.2 Å². The summed E-state index contributed by atoms with van der Waals surface area (Å²) in [6.45, 7) is 6.80. The first-order valence-electron chi connectivity index (χ1n) is 12.9. The quantitative estimate of drug-likeness (QED) is 0.174. The van der Waals surface area contributed by atoms with Crippen molar-refractivity contribution in [2.45, 2.75) is 27.4 Å². The molecule has 0 aliphatic carbocycles. The van der Waals surface area contributed by atoms with E-state index in [4.69, 9.17) is 13.9 Å². The van der Waals surface area contributed by atoms with Crippen LogP contribution in [0.4, 0.5) is 0 Å². The fraction of sp³-hybridized carbons (Fsp3) is 0.156. The van der Waals surface area contributed by atoms with Crippen LogP contribution in [-0.2, 0) is 6.61 Å². The maximum atomic E-state index is 12.6. The van der Waals surface area contributed by atoms with E-state index in [0.29, 0.717) is 30.1 Å². The summed E-state index contributed by atoms with van der Waals surface area (Å²) in [5.41, 5.74) is 8.43. The summed E-state index contributed by atoms with van der Waals surface area (Å²) in [5.74, 6) is 1.17. The molecule has 1 amide bonds. The van der Waals surface area contributed by atoms with Crippen molar-refractivity contribution in [2.75, 3.05) is 6.61 Å². The van der Waals surface area contributed by atoms with Gasteiger partial charge in [0, 0.05) is 33.6 Å². The second kappa shape index (κ2) is 11.6. The van der Waals surface area contributed by atoms with Crippen LogP contribution in [0.1, 0.15) is 45.6 Å². The lowest BCUT2D eigenvalue weighted by Crippen LogP contribution is -2.16. The SMILES string of the molecule is CCOc1ccc2oc(C(=O)N/N=C/c3cc(C)n(-c4ccc(OCc5ccccc5C#N)cc4)c3C)cc2c1. The monoisotopic (exact) mass is 532 g/mol. The number of hydrogen-bond acceptors (Lipinski definition) is 6. The number of rotatable bonds is 9. The fourth-order valence-corrected chi connectivity index (χ4v) is 4.53. The number of furan rings is 1. The third kappa shape index (κ3) is 5.59. The maximum Gasteiger partial charge on any atom is 0.307 e. The standard InChI is InChI=1S/C32H28N4O4/c1-4-38-29-13-14-30-25(16-29)17-31(40-30)32(37)35-34-19-26-15-21(2)36(22(26)3)27-9-11-28(12-10-27)39-20-24-8-6-5-7-23(24)18-33/h5-17,19H,4,20H2,1-3H3,(H,35,37)/b34-19+. The number of hydrazone groups is 1. The second-order valence-corrected chi connectivity index (χ2v) is 9.16. The zero-order chi connectivity index (χ0) is 28.1. The minimum absolute atomic E-state index is 0.171. The highest BCUT2D eigenvalue weighted by Crippen LogP contribution is 2.25. The molecule has 0 spiro atoms. The molecule has 0 unspecified atom stereocenters. The van der Waals surface area contributed by atoms with Crippen molar-refractivity contribution in [1.29, 1.82) is 5.26 Å². The van der Waals surface area contributed by atoms with Gasteiger partial charge in [0.05, 0.1) is 24.5 Å². The summed E-state index contributed by atoms with van der Waals surface area (Å²) in [5, 5.41) is 14.2. The van der Waals surface area contributed by atoms with Gasteiger partial charge in [-0.1, -0.05) is 18.2 Å². The van der Waals surface area contributed by atoms with Gasteiger partial charge < -0.3 is 18.5 Å². The number of fused-ring (bicyclic) bond motifs is 1. The van der Waals surface area contributed by atoms with Crippen molar-refractivity contribution in [3.63, 3.8) is 0 Å². The number of amides is 1. The molecule has 1 N–H and O–H groups in total. The zero-order valence-electron chi connectivity index (χ0n) is 22.5. The van der Waals surface area contributed by atoms with Crippen molar-refractivity contribution in [3.8, 4) is 23.3 Å². The van der Waals surface area contributed by atoms with Crippen molar-refractivity contribution in [1.82, 2.24) is 9.99 Å². The summed E-state index contributed by atoms with van der Waals surface area (Å²) in [4.78, 5) is 12.6. The smallest absolute Gasteiger partial charge is 0.307 e. The molecule has 8 nitrogen and oxygen atoms in total. The molecule has 8 heteroatoms. The maximum absolute atomic E-state index is 12.6. The van der Waals surface area contributed by atoms with Crippen molar-refractivity contribution in [3.05, 3.63) is 113 Å². The second-order valence-electron chi connectivity index (χ2n) is 9.16. The van der Waals surface area contributed by atoms with Gasteiger partial charge in [-0.05, 0) is 81.4 Å². The number of benzene rings is 3. The number of hydrogen-bond donors (Lipinski definition) is 1. The first-order valence-corrected chi connectivity index (χ1v) is 12.9. The predicted octanol–water partition coefficient (Wildman–Crippen LogP) is 6.45. The highest BCUT2D eigenvalue weighted by molar-refractivity contribution is 5.97. The van der Waals surface area contributed by atoms with E-state index in [1.165, 1.54) is 0 Å². The van der Waals surface area contributed by atoms with Gasteiger partial charge in [0.1, 0.15) is 23.7 Å². The van der Waals surface area contributed by atoms with Crippen LogP contribution in [-0.4, -0.2) is 23.3 Å². The lowest BCUT2D eigenvalue weighted by Gasteiger charge is -2.12. The molecule has 40 heavy (non-hydrogen) atoms. The van der Waals surface area contributed by atoms with E-state index >= 15 is 0 Å². The molecular formula is C32H28N4O4. The molecule has 3 aromatic carbocycles. The van der Waals surface area contributed by atoms with E-state index in [2.05, 4.69) is 21.2 Å². The number of nitrogens with zero attached hydrogens (tertiary/aromatic N) is 3. The third-order valence-corrected chi connectivity index (χ3v) is 6.49. The van der Waals surface area contributed by atoms with Gasteiger partial charge in [-0.25, -0.2) is 5.43 Å². The summed E-state index contributed by atoms with van der Waals surface area (Å²) >= 11 is 0. The fourth-order valence-electron chi connectivity index (χ4n) is 4.53. The van der Waals surface area contributed by atoms with E-state index in [1.807, 2.05) is 81.4 Å². The zero-order valence-corrected chi connectivity index (χ0v) is 22.5. The Kier molecular flexibility index (Phi) is 7.65. The molecule has 2 heterocycles. The molecule has 0 aliphatic rings. The third-order valence-electron chi connectivity index (χ3n) is 6.49. The average Bonchev–Trinajstić information content (AvgIpc) is 3.52. The normalized spacial score (nSPS) is 11.1. The topological polar surface area (TPSA) is 102 Å². The van der Waals surface area contributed by atoms with Crippen LogP contribution in [0.3, 0.4) is 0 Å². The van der Waals surface area contributed by atoms with E-state index in [1.54, 1.807) is 24.4 Å². The highest BCUT2D eigenvalue weighted by atomic mass is 16.5. The molecule has 2 aromatic heterocycles. The molecule has 200 valence electrons. The van der Waals surface area contributed by atoms with Crippen LogP contribution < -0.4 is 14.9 Å². The number of carbonyl (C=O) groups is 1. The Morgan fingerprint density at radius 1 is 1.02 bits per heavy atom. The molecule has 0 aliphatic heterocycles. The van der Waals surface area contributed by atoms with E-state index < -0.39 is 5.91 Å². The lowest BCUT2D eigenvalue weighted by molar-refractivity contribution is 0.0929. The molecular weight excluding hydrogens is 504 g/mol. The number of aromatic nitrogens is 1. The number of nitriles is 1. The van der Waals surface area contributed by atoms with Gasteiger partial charge in [0.2, 0.25) is 0 Å². The molecule has 0 bridgehead atoms. The Bertz CT molecular complexity index is 1740. The van der Waals surface area contributed by atoms with Crippen molar-refractivity contribution < 1.29 is 18.7 Å². The van der Waals surface area contributed by atoms with Gasteiger partial charge in [-0.15, -0.1) is 0 Å². The first-order chi connectivity index (χ1) is 19.5. The Morgan fingerprint density at radius 3 is 2.58 bits per heavy atom. The van der Waals surface area contributed by atoms with Crippen LogP contribution >= 0.6 is 0 Å². The van der Waals surface area contributed by atoms with Gasteiger partial charge in [0.25, 0.3) is 0 Å². The minimum Gasteiger partial charge on any atom is -0.494 e.